The van der Waals surface area contributed by atoms with E-state index in [9.17, 15) is 9.59 Å². The lowest BCUT2D eigenvalue weighted by atomic mass is 10.3. The Bertz CT molecular complexity index is 246. The van der Waals surface area contributed by atoms with Gasteiger partial charge in [-0.1, -0.05) is 22.6 Å². The number of esters is 1. The maximum absolute atomic E-state index is 11.0. The van der Waals surface area contributed by atoms with Crippen LogP contribution in [0.25, 0.3) is 0 Å². The third-order valence-corrected chi connectivity index (χ3v) is 2.29. The summed E-state index contributed by atoms with van der Waals surface area (Å²) in [6, 6.07) is 0. The second kappa shape index (κ2) is 14.2. The third-order valence-electron chi connectivity index (χ3n) is 1.85. The average Bonchev–Trinajstić information content (AvgIpc) is 2.35. The summed E-state index contributed by atoms with van der Waals surface area (Å²) in [5.41, 5.74) is 0. The van der Waals surface area contributed by atoms with Crippen LogP contribution in [0.4, 0.5) is 0 Å². The molecule has 19 heavy (non-hydrogen) atoms. The van der Waals surface area contributed by atoms with Crippen molar-refractivity contribution in [1.29, 1.82) is 0 Å². The van der Waals surface area contributed by atoms with Crippen molar-refractivity contribution in [2.24, 2.45) is 0 Å². The maximum atomic E-state index is 11.0. The number of halogens is 1. The highest BCUT2D eigenvalue weighted by Gasteiger charge is 2.05. The fourth-order valence-electron chi connectivity index (χ4n) is 1.07. The molecule has 0 aromatic heterocycles. The Hall–Kier alpha value is -0.250. The van der Waals surface area contributed by atoms with Gasteiger partial charge in [0.2, 0.25) is 0 Å². The number of rotatable bonds is 13. The fraction of sp³-hybridized carbons (Fsp3) is 0.833. The molecule has 0 aromatic carbocycles. The number of carbonyl (C=O) groups excluding carboxylic acids is 2. The molecule has 0 heterocycles. The molecule has 0 atom stereocenters. The molecule has 7 heteroatoms. The zero-order chi connectivity index (χ0) is 14.3. The van der Waals surface area contributed by atoms with Crippen molar-refractivity contribution >= 4 is 34.3 Å². The van der Waals surface area contributed by atoms with Gasteiger partial charge < -0.3 is 18.9 Å². The van der Waals surface area contributed by atoms with E-state index in [1.54, 1.807) is 0 Å². The first kappa shape index (κ1) is 18.8. The van der Waals surface area contributed by atoms with Gasteiger partial charge in [-0.05, 0) is 6.92 Å². The standard InChI is InChI=1S/C12H21IO6/c1-11(14)10-12(15)19-9-8-18-7-6-17-5-4-16-3-2-13/h2-10H2,1H3. The predicted molar refractivity (Wildman–Crippen MR) is 77.6 cm³/mol. The van der Waals surface area contributed by atoms with Crippen LogP contribution in [0, 0.1) is 0 Å². The predicted octanol–water partition coefficient (Wildman–Crippen LogP) is 0.993. The molecule has 6 nitrogen and oxygen atoms in total. The van der Waals surface area contributed by atoms with Crippen molar-refractivity contribution in [2.75, 3.05) is 50.7 Å². The average molecular weight is 388 g/mol. The summed E-state index contributed by atoms with van der Waals surface area (Å²) in [7, 11) is 0. The zero-order valence-electron chi connectivity index (χ0n) is 11.2. The van der Waals surface area contributed by atoms with Crippen molar-refractivity contribution in [1.82, 2.24) is 0 Å². The first-order valence-electron chi connectivity index (χ1n) is 6.11. The summed E-state index contributed by atoms with van der Waals surface area (Å²) in [6.45, 7) is 4.61. The molecule has 0 aromatic rings. The second-order valence-electron chi connectivity index (χ2n) is 3.63. The Labute approximate surface area is 127 Å². The second-order valence-corrected chi connectivity index (χ2v) is 4.70. The number of ketones is 1. The zero-order valence-corrected chi connectivity index (χ0v) is 13.3. The van der Waals surface area contributed by atoms with Gasteiger partial charge in [-0.3, -0.25) is 9.59 Å². The van der Waals surface area contributed by atoms with Crippen LogP contribution in [0.3, 0.4) is 0 Å². The molecule has 112 valence electrons. The molecular weight excluding hydrogens is 367 g/mol. The van der Waals surface area contributed by atoms with E-state index in [4.69, 9.17) is 18.9 Å². The van der Waals surface area contributed by atoms with Crippen LogP contribution in [0.2, 0.25) is 0 Å². The topological polar surface area (TPSA) is 71.1 Å². The van der Waals surface area contributed by atoms with Gasteiger partial charge in [-0.2, -0.15) is 0 Å². The molecular formula is C12H21IO6. The summed E-state index contributed by atoms with van der Waals surface area (Å²) in [4.78, 5) is 21.6. The van der Waals surface area contributed by atoms with Gasteiger partial charge in [0.15, 0.2) is 0 Å². The van der Waals surface area contributed by atoms with E-state index in [1.165, 1.54) is 6.92 Å². The molecule has 0 rings (SSSR count). The molecule has 0 bridgehead atoms. The molecule has 0 fully saturated rings. The van der Waals surface area contributed by atoms with E-state index in [2.05, 4.69) is 22.6 Å². The van der Waals surface area contributed by atoms with E-state index in [1.807, 2.05) is 0 Å². The van der Waals surface area contributed by atoms with Gasteiger partial charge in [-0.15, -0.1) is 0 Å². The Kier molecular flexibility index (Phi) is 14.0. The lowest BCUT2D eigenvalue weighted by molar-refractivity contribution is -0.147. The fourth-order valence-corrected chi connectivity index (χ4v) is 1.38. The Balaban J connectivity index is 3.10. The van der Waals surface area contributed by atoms with Crippen LogP contribution >= 0.6 is 22.6 Å². The molecule has 0 aliphatic rings. The Morgan fingerprint density at radius 1 is 0.842 bits per heavy atom. The molecule has 0 aliphatic heterocycles. The molecule has 0 spiro atoms. The summed E-state index contributed by atoms with van der Waals surface area (Å²) in [5.74, 6) is -0.719. The highest BCUT2D eigenvalue weighted by Crippen LogP contribution is 1.89. The summed E-state index contributed by atoms with van der Waals surface area (Å²) < 4.78 is 21.4. The van der Waals surface area contributed by atoms with E-state index in [0.29, 0.717) is 33.0 Å². The summed E-state index contributed by atoms with van der Waals surface area (Å²) in [6.07, 6.45) is -0.180. The lowest BCUT2D eigenvalue weighted by Gasteiger charge is -2.06. The van der Waals surface area contributed by atoms with Crippen LogP contribution in [-0.4, -0.2) is 62.4 Å². The smallest absolute Gasteiger partial charge is 0.313 e. The van der Waals surface area contributed by atoms with E-state index < -0.39 is 5.97 Å². The number of ether oxygens (including phenoxy) is 4. The minimum Gasteiger partial charge on any atom is -0.463 e. The number of Topliss-reactive ketones (excluding diaryl/α,β-unsaturated/α-hetero) is 1. The van der Waals surface area contributed by atoms with Gasteiger partial charge in [-0.25, -0.2) is 0 Å². The number of hydrogen-bond donors (Lipinski definition) is 0. The summed E-state index contributed by atoms with van der Waals surface area (Å²) in [5, 5.41) is 0. The van der Waals surface area contributed by atoms with Gasteiger partial charge in [0, 0.05) is 4.43 Å². The van der Waals surface area contributed by atoms with Gasteiger partial charge >= 0.3 is 5.97 Å². The van der Waals surface area contributed by atoms with Crippen LogP contribution in [0.15, 0.2) is 0 Å². The summed E-state index contributed by atoms with van der Waals surface area (Å²) >= 11 is 2.24. The van der Waals surface area contributed by atoms with Crippen LogP contribution in [0.5, 0.6) is 0 Å². The number of hydrogen-bond acceptors (Lipinski definition) is 6. The molecule has 0 N–H and O–H groups in total. The minimum atomic E-state index is -0.514. The highest BCUT2D eigenvalue weighted by molar-refractivity contribution is 14.1. The maximum Gasteiger partial charge on any atom is 0.313 e. The van der Waals surface area contributed by atoms with Crippen LogP contribution in [0.1, 0.15) is 13.3 Å². The minimum absolute atomic E-state index is 0.158. The molecule has 0 saturated heterocycles. The number of carbonyl (C=O) groups is 2. The van der Waals surface area contributed by atoms with Crippen LogP contribution in [-0.2, 0) is 28.5 Å². The van der Waals surface area contributed by atoms with Crippen molar-refractivity contribution in [2.45, 2.75) is 13.3 Å². The van der Waals surface area contributed by atoms with E-state index >= 15 is 0 Å². The van der Waals surface area contributed by atoms with Crippen molar-refractivity contribution in [3.63, 3.8) is 0 Å². The van der Waals surface area contributed by atoms with E-state index in [0.717, 1.165) is 11.0 Å². The lowest BCUT2D eigenvalue weighted by Crippen LogP contribution is -2.15. The quantitative estimate of drug-likeness (QED) is 0.154. The monoisotopic (exact) mass is 388 g/mol. The van der Waals surface area contributed by atoms with Crippen molar-refractivity contribution in [3.8, 4) is 0 Å². The van der Waals surface area contributed by atoms with Crippen molar-refractivity contribution in [3.05, 3.63) is 0 Å². The van der Waals surface area contributed by atoms with Crippen molar-refractivity contribution < 1.29 is 28.5 Å². The van der Waals surface area contributed by atoms with Crippen LogP contribution < -0.4 is 0 Å². The normalized spacial score (nSPS) is 10.4. The third kappa shape index (κ3) is 15.7. The van der Waals surface area contributed by atoms with Gasteiger partial charge in [0.25, 0.3) is 0 Å². The molecule has 0 radical (unpaired) electrons. The SMILES string of the molecule is CC(=O)CC(=O)OCCOCCOCCOCCI. The first-order valence-corrected chi connectivity index (χ1v) is 7.63. The van der Waals surface area contributed by atoms with Gasteiger partial charge in [0.05, 0.1) is 39.6 Å². The first-order chi connectivity index (χ1) is 9.16. The molecule has 0 amide bonds. The number of alkyl halides is 1. The van der Waals surface area contributed by atoms with Gasteiger partial charge in [0.1, 0.15) is 18.8 Å². The molecule has 0 aliphatic carbocycles. The van der Waals surface area contributed by atoms with E-state index in [-0.39, 0.29) is 18.8 Å². The highest BCUT2D eigenvalue weighted by atomic mass is 127. The Morgan fingerprint density at radius 3 is 1.79 bits per heavy atom. The molecule has 0 saturated carbocycles. The molecule has 0 unspecified atom stereocenters. The Morgan fingerprint density at radius 2 is 1.32 bits per heavy atom. The largest absolute Gasteiger partial charge is 0.463 e.